The SMILES string of the molecule is CCC(C)C(C)(Nc1ccccc1OC)C(N)=O. The summed E-state index contributed by atoms with van der Waals surface area (Å²) >= 11 is 0. The molecule has 4 nitrogen and oxygen atoms in total. The highest BCUT2D eigenvalue weighted by atomic mass is 16.5. The third-order valence-corrected chi connectivity index (χ3v) is 3.61. The molecule has 18 heavy (non-hydrogen) atoms. The number of benzene rings is 1. The smallest absolute Gasteiger partial charge is 0.243 e. The summed E-state index contributed by atoms with van der Waals surface area (Å²) in [5.74, 6) is 0.468. The minimum Gasteiger partial charge on any atom is -0.495 e. The van der Waals surface area contributed by atoms with Crippen molar-refractivity contribution in [1.82, 2.24) is 0 Å². The molecule has 100 valence electrons. The van der Waals surface area contributed by atoms with Gasteiger partial charge in [-0.25, -0.2) is 0 Å². The Balaban J connectivity index is 3.08. The van der Waals surface area contributed by atoms with E-state index in [9.17, 15) is 4.79 Å². The van der Waals surface area contributed by atoms with Gasteiger partial charge in [-0.1, -0.05) is 32.4 Å². The van der Waals surface area contributed by atoms with Gasteiger partial charge in [0.1, 0.15) is 11.3 Å². The highest BCUT2D eigenvalue weighted by Gasteiger charge is 2.36. The van der Waals surface area contributed by atoms with Crippen LogP contribution in [0.2, 0.25) is 0 Å². The molecule has 0 radical (unpaired) electrons. The van der Waals surface area contributed by atoms with Crippen LogP contribution in [0.4, 0.5) is 5.69 Å². The Morgan fingerprint density at radius 3 is 2.61 bits per heavy atom. The number of anilines is 1. The zero-order valence-electron chi connectivity index (χ0n) is 11.5. The van der Waals surface area contributed by atoms with Gasteiger partial charge in [0.25, 0.3) is 0 Å². The van der Waals surface area contributed by atoms with E-state index in [1.54, 1.807) is 7.11 Å². The second-order valence-corrected chi connectivity index (χ2v) is 4.70. The summed E-state index contributed by atoms with van der Waals surface area (Å²) in [4.78, 5) is 11.7. The zero-order chi connectivity index (χ0) is 13.8. The zero-order valence-corrected chi connectivity index (χ0v) is 11.5. The Bertz CT molecular complexity index is 420. The fraction of sp³-hybridized carbons (Fsp3) is 0.500. The number of nitrogens with one attached hydrogen (secondary N) is 1. The average Bonchev–Trinajstić information content (AvgIpc) is 2.37. The van der Waals surface area contributed by atoms with Crippen molar-refractivity contribution in [3.63, 3.8) is 0 Å². The second kappa shape index (κ2) is 5.76. The molecule has 0 aliphatic heterocycles. The van der Waals surface area contributed by atoms with Gasteiger partial charge < -0.3 is 15.8 Å². The molecule has 0 bridgehead atoms. The number of rotatable bonds is 6. The van der Waals surface area contributed by atoms with Gasteiger partial charge in [0.15, 0.2) is 0 Å². The Morgan fingerprint density at radius 1 is 1.50 bits per heavy atom. The Morgan fingerprint density at radius 2 is 2.11 bits per heavy atom. The molecule has 1 amide bonds. The molecule has 1 aromatic carbocycles. The van der Waals surface area contributed by atoms with E-state index in [-0.39, 0.29) is 11.8 Å². The molecule has 0 saturated carbocycles. The molecule has 0 aromatic heterocycles. The first-order chi connectivity index (χ1) is 8.45. The minimum absolute atomic E-state index is 0.125. The highest BCUT2D eigenvalue weighted by Crippen LogP contribution is 2.30. The lowest BCUT2D eigenvalue weighted by molar-refractivity contribution is -0.123. The van der Waals surface area contributed by atoms with Crippen LogP contribution >= 0.6 is 0 Å². The number of methoxy groups -OCH3 is 1. The van der Waals surface area contributed by atoms with E-state index in [0.29, 0.717) is 5.75 Å². The molecule has 0 saturated heterocycles. The normalized spacial score (nSPS) is 15.6. The first kappa shape index (κ1) is 14.4. The maximum Gasteiger partial charge on any atom is 0.243 e. The number of hydrogen-bond donors (Lipinski definition) is 2. The fourth-order valence-electron chi connectivity index (χ4n) is 1.86. The van der Waals surface area contributed by atoms with E-state index in [0.717, 1.165) is 12.1 Å². The lowest BCUT2D eigenvalue weighted by atomic mass is 9.84. The molecule has 0 heterocycles. The largest absolute Gasteiger partial charge is 0.495 e. The van der Waals surface area contributed by atoms with Crippen molar-refractivity contribution in [2.75, 3.05) is 12.4 Å². The third kappa shape index (κ3) is 2.75. The average molecular weight is 250 g/mol. The second-order valence-electron chi connectivity index (χ2n) is 4.70. The van der Waals surface area contributed by atoms with Crippen molar-refractivity contribution in [3.8, 4) is 5.75 Å². The first-order valence-corrected chi connectivity index (χ1v) is 6.16. The van der Waals surface area contributed by atoms with E-state index in [1.807, 2.05) is 45.0 Å². The molecule has 0 aliphatic rings. The lowest BCUT2D eigenvalue weighted by Gasteiger charge is -2.34. The molecule has 0 aliphatic carbocycles. The van der Waals surface area contributed by atoms with Crippen LogP contribution in [0.25, 0.3) is 0 Å². The van der Waals surface area contributed by atoms with Gasteiger partial charge in [0, 0.05) is 0 Å². The molecule has 2 atom stereocenters. The minimum atomic E-state index is -0.788. The van der Waals surface area contributed by atoms with Crippen molar-refractivity contribution in [3.05, 3.63) is 24.3 Å². The van der Waals surface area contributed by atoms with Gasteiger partial charge >= 0.3 is 0 Å². The van der Waals surface area contributed by atoms with Crippen molar-refractivity contribution in [2.45, 2.75) is 32.7 Å². The number of nitrogens with two attached hydrogens (primary N) is 1. The number of carbonyl (C=O) groups is 1. The third-order valence-electron chi connectivity index (χ3n) is 3.61. The summed E-state index contributed by atoms with van der Waals surface area (Å²) in [5, 5.41) is 3.23. The number of amides is 1. The molecular weight excluding hydrogens is 228 g/mol. The van der Waals surface area contributed by atoms with Crippen LogP contribution in [0.15, 0.2) is 24.3 Å². The maximum atomic E-state index is 11.7. The molecule has 1 rings (SSSR count). The van der Waals surface area contributed by atoms with Crippen molar-refractivity contribution in [2.24, 2.45) is 11.7 Å². The first-order valence-electron chi connectivity index (χ1n) is 6.16. The standard InChI is InChI=1S/C14H22N2O2/c1-5-10(2)14(3,13(15)17)16-11-8-6-7-9-12(11)18-4/h6-10,16H,5H2,1-4H3,(H2,15,17). The van der Waals surface area contributed by atoms with E-state index >= 15 is 0 Å². The van der Waals surface area contributed by atoms with Crippen molar-refractivity contribution in [1.29, 1.82) is 0 Å². The topological polar surface area (TPSA) is 64.3 Å². The monoisotopic (exact) mass is 250 g/mol. The van der Waals surface area contributed by atoms with Gasteiger partial charge in [-0.3, -0.25) is 4.79 Å². The molecule has 3 N–H and O–H groups in total. The Labute approximate surface area is 109 Å². The van der Waals surface area contributed by atoms with E-state index in [1.165, 1.54) is 0 Å². The number of hydrogen-bond acceptors (Lipinski definition) is 3. The molecule has 0 spiro atoms. The van der Waals surface area contributed by atoms with E-state index < -0.39 is 5.54 Å². The quantitative estimate of drug-likeness (QED) is 0.814. The predicted molar refractivity (Wildman–Crippen MR) is 73.7 cm³/mol. The molecular formula is C14H22N2O2. The van der Waals surface area contributed by atoms with Crippen LogP contribution in [0.1, 0.15) is 27.2 Å². The summed E-state index contributed by atoms with van der Waals surface area (Å²) in [6.45, 7) is 5.87. The Hall–Kier alpha value is -1.71. The van der Waals surface area contributed by atoms with Gasteiger partial charge in [0.2, 0.25) is 5.91 Å². The van der Waals surface area contributed by atoms with Crippen LogP contribution in [0.5, 0.6) is 5.75 Å². The van der Waals surface area contributed by atoms with E-state index in [4.69, 9.17) is 10.5 Å². The number of para-hydroxylation sites is 2. The molecule has 4 heteroatoms. The molecule has 0 fully saturated rings. The van der Waals surface area contributed by atoms with Crippen molar-refractivity contribution >= 4 is 11.6 Å². The summed E-state index contributed by atoms with van der Waals surface area (Å²) in [5.41, 5.74) is 5.54. The van der Waals surface area contributed by atoms with Crippen LogP contribution in [0, 0.1) is 5.92 Å². The summed E-state index contributed by atoms with van der Waals surface area (Å²) in [6.07, 6.45) is 0.863. The summed E-state index contributed by atoms with van der Waals surface area (Å²) in [6, 6.07) is 7.50. The van der Waals surface area contributed by atoms with Crippen LogP contribution in [-0.2, 0) is 4.79 Å². The van der Waals surface area contributed by atoms with Crippen LogP contribution in [-0.4, -0.2) is 18.6 Å². The van der Waals surface area contributed by atoms with E-state index in [2.05, 4.69) is 5.32 Å². The number of carbonyl (C=O) groups excluding carboxylic acids is 1. The van der Waals surface area contributed by atoms with Gasteiger partial charge in [-0.05, 0) is 25.0 Å². The van der Waals surface area contributed by atoms with Crippen LogP contribution < -0.4 is 15.8 Å². The molecule has 2 unspecified atom stereocenters. The van der Waals surface area contributed by atoms with Crippen LogP contribution in [0.3, 0.4) is 0 Å². The van der Waals surface area contributed by atoms with Gasteiger partial charge in [-0.2, -0.15) is 0 Å². The Kier molecular flexibility index (Phi) is 4.59. The lowest BCUT2D eigenvalue weighted by Crippen LogP contribution is -2.52. The number of ether oxygens (including phenoxy) is 1. The number of primary amides is 1. The van der Waals surface area contributed by atoms with Gasteiger partial charge in [0.05, 0.1) is 12.8 Å². The van der Waals surface area contributed by atoms with Gasteiger partial charge in [-0.15, -0.1) is 0 Å². The maximum absolute atomic E-state index is 11.7. The predicted octanol–water partition coefficient (Wildman–Crippen LogP) is 2.40. The molecule has 1 aromatic rings. The highest BCUT2D eigenvalue weighted by molar-refractivity contribution is 5.88. The fourth-order valence-corrected chi connectivity index (χ4v) is 1.86. The van der Waals surface area contributed by atoms with Crippen molar-refractivity contribution < 1.29 is 9.53 Å². The summed E-state index contributed by atoms with van der Waals surface area (Å²) < 4.78 is 5.27. The summed E-state index contributed by atoms with van der Waals surface area (Å²) in [7, 11) is 1.60.